The molecule has 2 N–H and O–H groups in total. The Morgan fingerprint density at radius 3 is 2.33 bits per heavy atom. The number of amides is 1. The van der Waals surface area contributed by atoms with E-state index in [1.54, 1.807) is 24.3 Å². The minimum absolute atomic E-state index is 0.411. The monoisotopic (exact) mass is 365 g/mol. The van der Waals surface area contributed by atoms with Crippen LogP contribution in [-0.2, 0) is 4.79 Å². The number of aliphatic carboxylic acids is 1. The summed E-state index contributed by atoms with van der Waals surface area (Å²) in [5.41, 5.74) is 5.01. The maximum absolute atomic E-state index is 12.6. The molecule has 0 fully saturated rings. The number of nitrogens with zero attached hydrogens (tertiary/aromatic N) is 2. The van der Waals surface area contributed by atoms with Crippen LogP contribution in [0.3, 0.4) is 0 Å². The molecule has 1 amide bonds. The van der Waals surface area contributed by atoms with Crippen molar-refractivity contribution in [2.75, 3.05) is 11.6 Å². The molecular formula is C21H23N3O3. The zero-order valence-electron chi connectivity index (χ0n) is 15.7. The fourth-order valence-electron chi connectivity index (χ4n) is 2.99. The van der Waals surface area contributed by atoms with Gasteiger partial charge in [0.1, 0.15) is 0 Å². The van der Waals surface area contributed by atoms with Crippen LogP contribution in [0, 0.1) is 13.8 Å². The maximum atomic E-state index is 12.6. The van der Waals surface area contributed by atoms with E-state index in [0.29, 0.717) is 11.1 Å². The standard InChI is InChI=1S/C21H23N3O3/c1-13-4-5-17(12-14(13)2)19(21(26)27)22-20(25)16-6-8-18(9-7-16)24-11-10-15(3)23-24/h4-9,12,19H,10-11H2,1-3H3,(H,22,25)(H,26,27). The van der Waals surface area contributed by atoms with Gasteiger partial charge in [-0.05, 0) is 61.7 Å². The van der Waals surface area contributed by atoms with E-state index in [-0.39, 0.29) is 0 Å². The molecule has 0 bridgehead atoms. The van der Waals surface area contributed by atoms with E-state index in [9.17, 15) is 14.7 Å². The molecule has 1 heterocycles. The summed E-state index contributed by atoms with van der Waals surface area (Å²) in [6, 6.07) is 11.3. The van der Waals surface area contributed by atoms with Crippen LogP contribution in [0.5, 0.6) is 0 Å². The van der Waals surface area contributed by atoms with Gasteiger partial charge >= 0.3 is 5.97 Å². The van der Waals surface area contributed by atoms with Gasteiger partial charge in [0.25, 0.3) is 5.91 Å². The molecule has 6 heteroatoms. The smallest absolute Gasteiger partial charge is 0.330 e. The summed E-state index contributed by atoms with van der Waals surface area (Å²) in [7, 11) is 0. The number of carbonyl (C=O) groups excluding carboxylic acids is 1. The molecule has 1 atom stereocenters. The van der Waals surface area contributed by atoms with Gasteiger partial charge in [0.05, 0.1) is 5.69 Å². The Kier molecular flexibility index (Phi) is 5.26. The molecule has 1 aliphatic heterocycles. The first-order valence-electron chi connectivity index (χ1n) is 8.87. The summed E-state index contributed by atoms with van der Waals surface area (Å²) in [6.45, 7) is 6.69. The van der Waals surface area contributed by atoms with E-state index in [1.807, 2.05) is 44.0 Å². The predicted molar refractivity (Wildman–Crippen MR) is 105 cm³/mol. The molecule has 0 saturated carbocycles. The number of nitrogens with one attached hydrogen (secondary N) is 1. The highest BCUT2D eigenvalue weighted by atomic mass is 16.4. The van der Waals surface area contributed by atoms with Crippen molar-refractivity contribution in [1.82, 2.24) is 5.32 Å². The van der Waals surface area contributed by atoms with Crippen LogP contribution in [0.1, 0.15) is 46.4 Å². The summed E-state index contributed by atoms with van der Waals surface area (Å²) >= 11 is 0. The number of rotatable bonds is 5. The van der Waals surface area contributed by atoms with Crippen molar-refractivity contribution in [1.29, 1.82) is 0 Å². The molecule has 2 aromatic rings. The Hall–Kier alpha value is -3.15. The number of hydrazone groups is 1. The van der Waals surface area contributed by atoms with E-state index < -0.39 is 17.9 Å². The number of carbonyl (C=O) groups is 2. The summed E-state index contributed by atoms with van der Waals surface area (Å²) in [5.74, 6) is -1.52. The highest BCUT2D eigenvalue weighted by molar-refractivity contribution is 5.97. The summed E-state index contributed by atoms with van der Waals surface area (Å²) < 4.78 is 0. The molecule has 2 aromatic carbocycles. The molecule has 3 rings (SSSR count). The molecule has 0 radical (unpaired) electrons. The Labute approximate surface area is 158 Å². The SMILES string of the molecule is CC1=NN(c2ccc(C(=O)NC(C(=O)O)c3ccc(C)c(C)c3)cc2)CC1. The minimum atomic E-state index is -1.10. The number of carboxylic acid groups (broad SMARTS) is 1. The third kappa shape index (κ3) is 4.16. The molecule has 0 aliphatic carbocycles. The van der Waals surface area contributed by atoms with Crippen LogP contribution in [0.15, 0.2) is 47.6 Å². The van der Waals surface area contributed by atoms with Crippen LogP contribution >= 0.6 is 0 Å². The van der Waals surface area contributed by atoms with E-state index >= 15 is 0 Å². The topological polar surface area (TPSA) is 82.0 Å². The summed E-state index contributed by atoms with van der Waals surface area (Å²) in [6.07, 6.45) is 0.929. The predicted octanol–water partition coefficient (Wildman–Crippen LogP) is 3.45. The van der Waals surface area contributed by atoms with Crippen molar-refractivity contribution in [3.63, 3.8) is 0 Å². The molecule has 0 spiro atoms. The van der Waals surface area contributed by atoms with Gasteiger partial charge < -0.3 is 10.4 Å². The van der Waals surface area contributed by atoms with E-state index in [1.165, 1.54) is 0 Å². The van der Waals surface area contributed by atoms with Crippen molar-refractivity contribution >= 4 is 23.3 Å². The van der Waals surface area contributed by atoms with Gasteiger partial charge in [-0.1, -0.05) is 18.2 Å². The number of benzene rings is 2. The third-order valence-corrected chi connectivity index (χ3v) is 4.79. The first-order chi connectivity index (χ1) is 12.8. The van der Waals surface area contributed by atoms with Gasteiger partial charge in [0.15, 0.2) is 6.04 Å². The lowest BCUT2D eigenvalue weighted by Crippen LogP contribution is -2.33. The Morgan fingerprint density at radius 1 is 1.07 bits per heavy atom. The van der Waals surface area contributed by atoms with Crippen LogP contribution < -0.4 is 10.3 Å². The molecule has 0 aromatic heterocycles. The quantitative estimate of drug-likeness (QED) is 0.850. The summed E-state index contributed by atoms with van der Waals surface area (Å²) in [5, 5.41) is 18.5. The van der Waals surface area contributed by atoms with Gasteiger partial charge in [0, 0.05) is 24.2 Å². The number of carboxylic acids is 1. The van der Waals surface area contributed by atoms with Crippen molar-refractivity contribution in [3.05, 3.63) is 64.7 Å². The number of hydrogen-bond donors (Lipinski definition) is 2. The Balaban J connectivity index is 1.76. The van der Waals surface area contributed by atoms with Crippen molar-refractivity contribution < 1.29 is 14.7 Å². The van der Waals surface area contributed by atoms with Gasteiger partial charge in [0.2, 0.25) is 0 Å². The summed E-state index contributed by atoms with van der Waals surface area (Å²) in [4.78, 5) is 24.2. The Morgan fingerprint density at radius 2 is 1.78 bits per heavy atom. The van der Waals surface area contributed by atoms with Crippen LogP contribution in [0.2, 0.25) is 0 Å². The fourth-order valence-corrected chi connectivity index (χ4v) is 2.99. The number of aryl methyl sites for hydroxylation is 2. The van der Waals surface area contributed by atoms with Gasteiger partial charge in [-0.2, -0.15) is 5.10 Å². The van der Waals surface area contributed by atoms with Gasteiger partial charge in [-0.15, -0.1) is 0 Å². The first kappa shape index (κ1) is 18.6. The molecule has 140 valence electrons. The zero-order valence-corrected chi connectivity index (χ0v) is 15.7. The van der Waals surface area contributed by atoms with Crippen molar-refractivity contribution in [2.45, 2.75) is 33.2 Å². The highest BCUT2D eigenvalue weighted by Gasteiger charge is 2.23. The molecule has 1 unspecified atom stereocenters. The lowest BCUT2D eigenvalue weighted by molar-refractivity contribution is -0.139. The second kappa shape index (κ2) is 7.61. The minimum Gasteiger partial charge on any atom is -0.479 e. The van der Waals surface area contributed by atoms with Crippen molar-refractivity contribution in [2.24, 2.45) is 5.10 Å². The second-order valence-electron chi connectivity index (χ2n) is 6.84. The average Bonchev–Trinajstić information content (AvgIpc) is 3.08. The fraction of sp³-hybridized carbons (Fsp3) is 0.286. The highest BCUT2D eigenvalue weighted by Crippen LogP contribution is 2.21. The largest absolute Gasteiger partial charge is 0.479 e. The van der Waals surface area contributed by atoms with Crippen LogP contribution in [0.25, 0.3) is 0 Å². The van der Waals surface area contributed by atoms with Gasteiger partial charge in [-0.3, -0.25) is 9.80 Å². The maximum Gasteiger partial charge on any atom is 0.330 e. The normalized spacial score (nSPS) is 14.6. The van der Waals surface area contributed by atoms with Gasteiger partial charge in [-0.25, -0.2) is 4.79 Å². The van der Waals surface area contributed by atoms with Crippen molar-refractivity contribution in [3.8, 4) is 0 Å². The first-order valence-corrected chi connectivity index (χ1v) is 8.87. The molecule has 6 nitrogen and oxygen atoms in total. The second-order valence-corrected chi connectivity index (χ2v) is 6.84. The molecule has 0 saturated heterocycles. The molecule has 1 aliphatic rings. The lowest BCUT2D eigenvalue weighted by Gasteiger charge is -2.17. The molecule has 27 heavy (non-hydrogen) atoms. The Bertz CT molecular complexity index is 903. The molecular weight excluding hydrogens is 342 g/mol. The third-order valence-electron chi connectivity index (χ3n) is 4.79. The van der Waals surface area contributed by atoms with E-state index in [4.69, 9.17) is 0 Å². The van der Waals surface area contributed by atoms with E-state index in [2.05, 4.69) is 10.4 Å². The van der Waals surface area contributed by atoms with E-state index in [0.717, 1.165) is 35.5 Å². The number of anilines is 1. The van der Waals surface area contributed by atoms with Crippen LogP contribution in [-0.4, -0.2) is 29.2 Å². The number of hydrogen-bond acceptors (Lipinski definition) is 4. The van der Waals surface area contributed by atoms with Crippen LogP contribution in [0.4, 0.5) is 5.69 Å². The lowest BCUT2D eigenvalue weighted by atomic mass is 10.0. The average molecular weight is 365 g/mol. The zero-order chi connectivity index (χ0) is 19.6.